The molecule has 0 aliphatic carbocycles. The molecule has 2 aromatic carbocycles. The SMILES string of the molecule is O=C(CCOc1ccccc1)Nc1cnn(CC(=O)N2CCCC(Oc3ccc(C(F)(F)F)cc3)C2)c1. The Hall–Kier alpha value is -4.02. The van der Waals surface area contributed by atoms with E-state index in [4.69, 9.17) is 9.47 Å². The fourth-order valence-electron chi connectivity index (χ4n) is 3.93. The number of para-hydroxylation sites is 1. The molecule has 1 atom stereocenters. The van der Waals surface area contributed by atoms with Crippen molar-refractivity contribution in [2.75, 3.05) is 25.0 Å². The summed E-state index contributed by atoms with van der Waals surface area (Å²) in [5.74, 6) is 0.610. The number of amides is 2. The Labute approximate surface area is 212 Å². The van der Waals surface area contributed by atoms with Gasteiger partial charge in [-0.25, -0.2) is 0 Å². The Bertz CT molecular complexity index is 1180. The molecule has 8 nitrogen and oxygen atoms in total. The molecule has 4 rings (SSSR count). The lowest BCUT2D eigenvalue weighted by molar-refractivity contribution is -0.138. The van der Waals surface area contributed by atoms with E-state index in [2.05, 4.69) is 10.4 Å². The van der Waals surface area contributed by atoms with Crippen LogP contribution in [-0.2, 0) is 22.3 Å². The van der Waals surface area contributed by atoms with Crippen LogP contribution in [-0.4, -0.2) is 52.3 Å². The van der Waals surface area contributed by atoms with Crippen molar-refractivity contribution in [3.63, 3.8) is 0 Å². The maximum Gasteiger partial charge on any atom is 0.416 e. The lowest BCUT2D eigenvalue weighted by Crippen LogP contribution is -2.45. The number of nitrogens with one attached hydrogen (secondary N) is 1. The molecule has 2 heterocycles. The highest BCUT2D eigenvalue weighted by molar-refractivity contribution is 5.90. The summed E-state index contributed by atoms with van der Waals surface area (Å²) < 4.78 is 51.0. The smallest absolute Gasteiger partial charge is 0.416 e. The quantitative estimate of drug-likeness (QED) is 0.456. The predicted octanol–water partition coefficient (Wildman–Crippen LogP) is 4.38. The minimum Gasteiger partial charge on any atom is -0.493 e. The predicted molar refractivity (Wildman–Crippen MR) is 129 cm³/mol. The molecule has 1 aliphatic rings. The van der Waals surface area contributed by atoms with Crippen molar-refractivity contribution in [3.05, 3.63) is 72.6 Å². The Morgan fingerprint density at radius 3 is 2.54 bits per heavy atom. The third-order valence-corrected chi connectivity index (χ3v) is 5.77. The second kappa shape index (κ2) is 11.8. The molecule has 0 bridgehead atoms. The number of hydrogen-bond donors (Lipinski definition) is 1. The molecule has 37 heavy (non-hydrogen) atoms. The Kier molecular flexibility index (Phi) is 8.32. The summed E-state index contributed by atoms with van der Waals surface area (Å²) in [6.45, 7) is 1.09. The first-order chi connectivity index (χ1) is 17.8. The van der Waals surface area contributed by atoms with Gasteiger partial charge in [0.15, 0.2) is 0 Å². The maximum absolute atomic E-state index is 12.8. The average molecular weight is 517 g/mol. The second-order valence-electron chi connectivity index (χ2n) is 8.63. The monoisotopic (exact) mass is 516 g/mol. The molecule has 3 aromatic rings. The second-order valence-corrected chi connectivity index (χ2v) is 8.63. The van der Waals surface area contributed by atoms with Crippen molar-refractivity contribution >= 4 is 17.5 Å². The van der Waals surface area contributed by atoms with Crippen LogP contribution in [0.1, 0.15) is 24.8 Å². The molecule has 0 saturated carbocycles. The van der Waals surface area contributed by atoms with Gasteiger partial charge in [-0.3, -0.25) is 14.3 Å². The topological polar surface area (TPSA) is 85.7 Å². The number of aromatic nitrogens is 2. The number of alkyl halides is 3. The molecule has 0 radical (unpaired) electrons. The van der Waals surface area contributed by atoms with E-state index in [0.717, 1.165) is 12.1 Å². The summed E-state index contributed by atoms with van der Waals surface area (Å²) in [4.78, 5) is 26.6. The van der Waals surface area contributed by atoms with Gasteiger partial charge in [-0.05, 0) is 49.2 Å². The van der Waals surface area contributed by atoms with Crippen molar-refractivity contribution in [2.24, 2.45) is 0 Å². The van der Waals surface area contributed by atoms with E-state index in [1.807, 2.05) is 30.3 Å². The summed E-state index contributed by atoms with van der Waals surface area (Å²) in [6, 6.07) is 13.7. The lowest BCUT2D eigenvalue weighted by Gasteiger charge is -2.33. The van der Waals surface area contributed by atoms with Crippen molar-refractivity contribution in [1.82, 2.24) is 14.7 Å². The van der Waals surface area contributed by atoms with Gasteiger partial charge in [-0.2, -0.15) is 18.3 Å². The van der Waals surface area contributed by atoms with Crippen LogP contribution in [0.4, 0.5) is 18.9 Å². The molecule has 0 spiro atoms. The molecule has 1 unspecified atom stereocenters. The van der Waals surface area contributed by atoms with Gasteiger partial charge < -0.3 is 19.7 Å². The minimum atomic E-state index is -4.40. The summed E-state index contributed by atoms with van der Waals surface area (Å²) in [5, 5.41) is 6.88. The Morgan fingerprint density at radius 2 is 1.81 bits per heavy atom. The number of anilines is 1. The van der Waals surface area contributed by atoms with Gasteiger partial charge in [0.2, 0.25) is 11.8 Å². The number of carbonyl (C=O) groups excluding carboxylic acids is 2. The fraction of sp³-hybridized carbons (Fsp3) is 0.346. The zero-order valence-electron chi connectivity index (χ0n) is 20.0. The summed E-state index contributed by atoms with van der Waals surface area (Å²) in [6.07, 6.45) is -0.116. The zero-order chi connectivity index (χ0) is 26.3. The first-order valence-electron chi connectivity index (χ1n) is 11.9. The summed E-state index contributed by atoms with van der Waals surface area (Å²) >= 11 is 0. The standard InChI is InChI=1S/C26H27F3N4O4/c27-26(28,29)19-8-10-22(11-9-19)37-23-7-4-13-32(17-23)25(35)18-33-16-20(15-30-33)31-24(34)12-14-36-21-5-2-1-3-6-21/h1-3,5-6,8-11,15-16,23H,4,7,12-14,17-18H2,(H,31,34). The largest absolute Gasteiger partial charge is 0.493 e. The fourth-order valence-corrected chi connectivity index (χ4v) is 3.93. The number of ether oxygens (including phenoxy) is 2. The van der Waals surface area contributed by atoms with Gasteiger partial charge in [0.25, 0.3) is 0 Å². The van der Waals surface area contributed by atoms with Gasteiger partial charge >= 0.3 is 6.18 Å². The van der Waals surface area contributed by atoms with Gasteiger partial charge in [0.05, 0.1) is 37.0 Å². The van der Waals surface area contributed by atoms with E-state index in [0.29, 0.717) is 43.1 Å². The molecule has 1 N–H and O–H groups in total. The van der Waals surface area contributed by atoms with E-state index >= 15 is 0 Å². The van der Waals surface area contributed by atoms with Crippen LogP contribution >= 0.6 is 0 Å². The lowest BCUT2D eigenvalue weighted by atomic mass is 10.1. The van der Waals surface area contributed by atoms with E-state index in [9.17, 15) is 22.8 Å². The molecular weight excluding hydrogens is 489 g/mol. The number of piperidine rings is 1. The number of likely N-dealkylation sites (tertiary alicyclic amines) is 1. The first-order valence-corrected chi connectivity index (χ1v) is 11.9. The van der Waals surface area contributed by atoms with E-state index in [1.165, 1.54) is 23.0 Å². The highest BCUT2D eigenvalue weighted by atomic mass is 19.4. The summed E-state index contributed by atoms with van der Waals surface area (Å²) in [7, 11) is 0. The van der Waals surface area contributed by atoms with Crippen LogP contribution in [0.5, 0.6) is 11.5 Å². The van der Waals surface area contributed by atoms with Gasteiger partial charge in [-0.1, -0.05) is 18.2 Å². The first kappa shape index (κ1) is 26.1. The number of hydrogen-bond acceptors (Lipinski definition) is 5. The minimum absolute atomic E-state index is 0.0139. The average Bonchev–Trinajstić information content (AvgIpc) is 3.31. The number of halogens is 3. The summed E-state index contributed by atoms with van der Waals surface area (Å²) in [5.41, 5.74) is -0.268. The molecule has 196 valence electrons. The molecule has 1 saturated heterocycles. The number of nitrogens with zero attached hydrogens (tertiary/aromatic N) is 3. The van der Waals surface area contributed by atoms with E-state index < -0.39 is 11.7 Å². The molecule has 1 aliphatic heterocycles. The van der Waals surface area contributed by atoms with Crippen molar-refractivity contribution < 1.29 is 32.2 Å². The molecule has 1 aromatic heterocycles. The van der Waals surface area contributed by atoms with Crippen LogP contribution in [0.15, 0.2) is 67.0 Å². The third kappa shape index (κ3) is 7.73. The third-order valence-electron chi connectivity index (χ3n) is 5.77. The van der Waals surface area contributed by atoms with Gasteiger partial charge in [0.1, 0.15) is 24.1 Å². The van der Waals surface area contributed by atoms with E-state index in [1.54, 1.807) is 11.1 Å². The van der Waals surface area contributed by atoms with Crippen LogP contribution in [0.3, 0.4) is 0 Å². The van der Waals surface area contributed by atoms with Crippen molar-refractivity contribution in [1.29, 1.82) is 0 Å². The van der Waals surface area contributed by atoms with Crippen LogP contribution < -0.4 is 14.8 Å². The van der Waals surface area contributed by atoms with Crippen LogP contribution in [0.2, 0.25) is 0 Å². The van der Waals surface area contributed by atoms with Crippen LogP contribution in [0, 0.1) is 0 Å². The zero-order valence-corrected chi connectivity index (χ0v) is 20.0. The number of carbonyl (C=O) groups is 2. The highest BCUT2D eigenvalue weighted by Gasteiger charge is 2.30. The molecule has 2 amide bonds. The molecular formula is C26H27F3N4O4. The van der Waals surface area contributed by atoms with Gasteiger partial charge in [-0.15, -0.1) is 0 Å². The van der Waals surface area contributed by atoms with Crippen molar-refractivity contribution in [3.8, 4) is 11.5 Å². The van der Waals surface area contributed by atoms with Gasteiger partial charge in [0, 0.05) is 12.7 Å². The Morgan fingerprint density at radius 1 is 1.05 bits per heavy atom. The number of rotatable bonds is 9. The molecule has 1 fully saturated rings. The molecule has 11 heteroatoms. The normalized spacial score (nSPS) is 15.8. The van der Waals surface area contributed by atoms with Crippen LogP contribution in [0.25, 0.3) is 0 Å². The van der Waals surface area contributed by atoms with Crippen molar-refractivity contribution in [2.45, 2.75) is 38.1 Å². The maximum atomic E-state index is 12.8. The number of benzene rings is 2. The van der Waals surface area contributed by atoms with E-state index in [-0.39, 0.29) is 37.5 Å². The Balaban J connectivity index is 1.22. The highest BCUT2D eigenvalue weighted by Crippen LogP contribution is 2.30.